The van der Waals surface area contributed by atoms with E-state index in [0.717, 1.165) is 18.9 Å². The Kier molecular flexibility index (Phi) is 2.98. The molecular weight excluding hydrogens is 263 g/mol. The molecule has 2 rings (SSSR count). The lowest BCUT2D eigenvalue weighted by Gasteiger charge is -2.16. The maximum atomic E-state index is 5.79. The SMILES string of the molecule is CC1CN(c2ccc(Cl)cn2)CC1Br. The molecule has 0 N–H and O–H groups in total. The molecule has 2 heterocycles. The Bertz CT molecular complexity index is 304. The molecule has 1 fully saturated rings. The van der Waals surface area contributed by atoms with E-state index < -0.39 is 0 Å². The average Bonchev–Trinajstić information content (AvgIpc) is 2.48. The van der Waals surface area contributed by atoms with E-state index >= 15 is 0 Å². The lowest BCUT2D eigenvalue weighted by molar-refractivity contribution is 0.679. The molecular formula is C10H12BrClN2. The zero-order valence-electron chi connectivity index (χ0n) is 7.95. The fourth-order valence-corrected chi connectivity index (χ4v) is 2.30. The first-order valence-corrected chi connectivity index (χ1v) is 5.97. The molecule has 4 heteroatoms. The molecule has 0 spiro atoms. The second-order valence-electron chi connectivity index (χ2n) is 3.73. The first-order valence-electron chi connectivity index (χ1n) is 4.67. The van der Waals surface area contributed by atoms with Gasteiger partial charge in [0.15, 0.2) is 0 Å². The maximum absolute atomic E-state index is 5.79. The van der Waals surface area contributed by atoms with E-state index in [1.54, 1.807) is 6.20 Å². The molecule has 76 valence electrons. The van der Waals surface area contributed by atoms with Gasteiger partial charge >= 0.3 is 0 Å². The van der Waals surface area contributed by atoms with Gasteiger partial charge in [-0.3, -0.25) is 0 Å². The van der Waals surface area contributed by atoms with Crippen molar-refractivity contribution in [1.82, 2.24) is 4.98 Å². The Hall–Kier alpha value is -0.280. The summed E-state index contributed by atoms with van der Waals surface area (Å²) < 4.78 is 0. The molecule has 0 radical (unpaired) electrons. The molecule has 1 aromatic rings. The topological polar surface area (TPSA) is 16.1 Å². The quantitative estimate of drug-likeness (QED) is 0.733. The summed E-state index contributed by atoms with van der Waals surface area (Å²) in [5.74, 6) is 1.69. The van der Waals surface area contributed by atoms with E-state index in [0.29, 0.717) is 15.8 Å². The smallest absolute Gasteiger partial charge is 0.128 e. The zero-order valence-corrected chi connectivity index (χ0v) is 10.3. The Balaban J connectivity index is 2.13. The second kappa shape index (κ2) is 4.07. The summed E-state index contributed by atoms with van der Waals surface area (Å²) in [5.41, 5.74) is 0. The van der Waals surface area contributed by atoms with E-state index in [4.69, 9.17) is 11.6 Å². The van der Waals surface area contributed by atoms with Crippen molar-refractivity contribution in [1.29, 1.82) is 0 Å². The first kappa shape index (κ1) is 10.2. The molecule has 1 aromatic heterocycles. The summed E-state index contributed by atoms with van der Waals surface area (Å²) in [4.78, 5) is 7.15. The van der Waals surface area contributed by atoms with Gasteiger partial charge in [0.2, 0.25) is 0 Å². The van der Waals surface area contributed by atoms with Gasteiger partial charge in [0.05, 0.1) is 5.02 Å². The largest absolute Gasteiger partial charge is 0.355 e. The van der Waals surface area contributed by atoms with Crippen LogP contribution in [0.2, 0.25) is 5.02 Å². The number of alkyl halides is 1. The van der Waals surface area contributed by atoms with Gasteiger partial charge in [-0.2, -0.15) is 0 Å². The molecule has 2 nitrogen and oxygen atoms in total. The van der Waals surface area contributed by atoms with Gasteiger partial charge < -0.3 is 4.90 Å². The molecule has 1 aliphatic heterocycles. The Morgan fingerprint density at radius 1 is 1.50 bits per heavy atom. The minimum atomic E-state index is 0.569. The third-order valence-corrected chi connectivity index (χ3v) is 3.97. The van der Waals surface area contributed by atoms with E-state index in [-0.39, 0.29) is 0 Å². The summed E-state index contributed by atoms with van der Waals surface area (Å²) in [6.07, 6.45) is 1.70. The summed E-state index contributed by atoms with van der Waals surface area (Å²) in [6, 6.07) is 3.86. The highest BCUT2D eigenvalue weighted by Gasteiger charge is 2.27. The number of pyridine rings is 1. The first-order chi connectivity index (χ1) is 6.66. The Labute approximate surface area is 97.4 Å². The van der Waals surface area contributed by atoms with Crippen molar-refractivity contribution < 1.29 is 0 Å². The molecule has 2 unspecified atom stereocenters. The van der Waals surface area contributed by atoms with Crippen molar-refractivity contribution >= 4 is 33.3 Å². The van der Waals surface area contributed by atoms with E-state index in [1.165, 1.54) is 0 Å². The fourth-order valence-electron chi connectivity index (χ4n) is 1.67. The van der Waals surface area contributed by atoms with Crippen LogP contribution >= 0.6 is 27.5 Å². The second-order valence-corrected chi connectivity index (χ2v) is 5.35. The molecule has 1 saturated heterocycles. The van der Waals surface area contributed by atoms with Crippen LogP contribution in [-0.4, -0.2) is 22.9 Å². The molecule has 0 aromatic carbocycles. The lowest BCUT2D eigenvalue weighted by Crippen LogP contribution is -2.20. The van der Waals surface area contributed by atoms with Crippen molar-refractivity contribution in [3.63, 3.8) is 0 Å². The van der Waals surface area contributed by atoms with Gasteiger partial charge in [-0.15, -0.1) is 0 Å². The van der Waals surface area contributed by atoms with E-state index in [2.05, 4.69) is 32.7 Å². The molecule has 2 atom stereocenters. The molecule has 1 aliphatic rings. The van der Waals surface area contributed by atoms with Gasteiger partial charge in [0.25, 0.3) is 0 Å². The summed E-state index contributed by atoms with van der Waals surface area (Å²) in [6.45, 7) is 4.33. The molecule has 0 amide bonds. The number of hydrogen-bond donors (Lipinski definition) is 0. The molecule has 0 bridgehead atoms. The van der Waals surface area contributed by atoms with Crippen LogP contribution in [0.5, 0.6) is 0 Å². The number of anilines is 1. The lowest BCUT2D eigenvalue weighted by atomic mass is 10.2. The number of aromatic nitrogens is 1. The van der Waals surface area contributed by atoms with Gasteiger partial charge in [-0.25, -0.2) is 4.98 Å². The van der Waals surface area contributed by atoms with Crippen LogP contribution < -0.4 is 4.90 Å². The minimum absolute atomic E-state index is 0.569. The van der Waals surface area contributed by atoms with Gasteiger partial charge in [-0.1, -0.05) is 34.5 Å². The zero-order chi connectivity index (χ0) is 10.1. The molecule has 0 saturated carbocycles. The molecule has 0 aliphatic carbocycles. The number of nitrogens with zero attached hydrogens (tertiary/aromatic N) is 2. The Morgan fingerprint density at radius 3 is 2.79 bits per heavy atom. The highest BCUT2D eigenvalue weighted by Crippen LogP contribution is 2.27. The van der Waals surface area contributed by atoms with Crippen LogP contribution in [0, 0.1) is 5.92 Å². The predicted molar refractivity (Wildman–Crippen MR) is 63.3 cm³/mol. The highest BCUT2D eigenvalue weighted by atomic mass is 79.9. The minimum Gasteiger partial charge on any atom is -0.355 e. The standard InChI is InChI=1S/C10H12BrClN2/c1-7-5-14(6-9(7)11)10-3-2-8(12)4-13-10/h2-4,7,9H,5-6H2,1H3. The number of hydrogen-bond acceptors (Lipinski definition) is 2. The normalized spacial score (nSPS) is 26.9. The van der Waals surface area contributed by atoms with Crippen LogP contribution in [0.1, 0.15) is 6.92 Å². The van der Waals surface area contributed by atoms with Crippen LogP contribution in [0.4, 0.5) is 5.82 Å². The third kappa shape index (κ3) is 2.04. The molecule has 14 heavy (non-hydrogen) atoms. The van der Waals surface area contributed by atoms with Crippen molar-refractivity contribution in [3.05, 3.63) is 23.4 Å². The van der Waals surface area contributed by atoms with Crippen LogP contribution in [0.15, 0.2) is 18.3 Å². The summed E-state index contributed by atoms with van der Waals surface area (Å²) in [5, 5.41) is 0.691. The number of rotatable bonds is 1. The van der Waals surface area contributed by atoms with Crippen LogP contribution in [0.25, 0.3) is 0 Å². The Morgan fingerprint density at radius 2 is 2.29 bits per heavy atom. The van der Waals surface area contributed by atoms with Gasteiger partial charge in [0, 0.05) is 24.1 Å². The van der Waals surface area contributed by atoms with Crippen molar-refractivity contribution in [2.75, 3.05) is 18.0 Å². The third-order valence-electron chi connectivity index (χ3n) is 2.56. The number of halogens is 2. The van der Waals surface area contributed by atoms with Gasteiger partial charge in [0.1, 0.15) is 5.82 Å². The van der Waals surface area contributed by atoms with Gasteiger partial charge in [-0.05, 0) is 18.1 Å². The predicted octanol–water partition coefficient (Wildman–Crippen LogP) is 2.95. The van der Waals surface area contributed by atoms with Crippen molar-refractivity contribution in [2.45, 2.75) is 11.8 Å². The van der Waals surface area contributed by atoms with Crippen LogP contribution in [-0.2, 0) is 0 Å². The maximum Gasteiger partial charge on any atom is 0.128 e. The summed E-state index contributed by atoms with van der Waals surface area (Å²) in [7, 11) is 0. The highest BCUT2D eigenvalue weighted by molar-refractivity contribution is 9.09. The van der Waals surface area contributed by atoms with Crippen molar-refractivity contribution in [2.24, 2.45) is 5.92 Å². The van der Waals surface area contributed by atoms with E-state index in [1.807, 2.05) is 12.1 Å². The average molecular weight is 276 g/mol. The fraction of sp³-hybridized carbons (Fsp3) is 0.500. The monoisotopic (exact) mass is 274 g/mol. The van der Waals surface area contributed by atoms with Crippen LogP contribution in [0.3, 0.4) is 0 Å². The van der Waals surface area contributed by atoms with E-state index in [9.17, 15) is 0 Å². The van der Waals surface area contributed by atoms with Crippen molar-refractivity contribution in [3.8, 4) is 0 Å². The summed E-state index contributed by atoms with van der Waals surface area (Å²) >= 11 is 9.45.